The fourth-order valence-electron chi connectivity index (χ4n) is 1.22. The predicted molar refractivity (Wildman–Crippen MR) is 82.9 cm³/mol. The van der Waals surface area contributed by atoms with E-state index in [9.17, 15) is 13.2 Å². The van der Waals surface area contributed by atoms with E-state index in [1.807, 2.05) is 13.8 Å². The zero-order valence-electron chi connectivity index (χ0n) is 12.8. The predicted octanol–water partition coefficient (Wildman–Crippen LogP) is 1.76. The van der Waals surface area contributed by atoms with Gasteiger partial charge in [0.2, 0.25) is 0 Å². The number of hydrogen-bond acceptors (Lipinski definition) is 6. The third-order valence-electron chi connectivity index (χ3n) is 2.70. The normalized spacial score (nSPS) is 13.4. The summed E-state index contributed by atoms with van der Waals surface area (Å²) in [6, 6.07) is 0. The van der Waals surface area contributed by atoms with Crippen molar-refractivity contribution >= 4 is 27.6 Å². The van der Waals surface area contributed by atoms with Gasteiger partial charge >= 0.3 is 5.97 Å². The van der Waals surface area contributed by atoms with Gasteiger partial charge in [0.05, 0.1) is 11.5 Å². The number of carbonyl (C=O) groups excluding carboxylic acids is 1. The number of esters is 1. The molecule has 0 aliphatic carbocycles. The molecule has 7 heteroatoms. The van der Waals surface area contributed by atoms with Gasteiger partial charge < -0.3 is 9.47 Å². The number of methoxy groups -OCH3 is 1. The fraction of sp³-hybridized carbons (Fsp3) is 0.923. The van der Waals surface area contributed by atoms with Gasteiger partial charge in [0.15, 0.2) is 15.9 Å². The molecule has 0 aliphatic heterocycles. The van der Waals surface area contributed by atoms with Gasteiger partial charge in [0, 0.05) is 18.6 Å². The van der Waals surface area contributed by atoms with E-state index in [4.69, 9.17) is 9.47 Å². The monoisotopic (exact) mass is 326 g/mol. The van der Waals surface area contributed by atoms with Crippen LogP contribution >= 0.6 is 11.8 Å². The highest BCUT2D eigenvalue weighted by Crippen LogP contribution is 2.07. The summed E-state index contributed by atoms with van der Waals surface area (Å²) in [6.07, 6.45) is 0.149. The van der Waals surface area contributed by atoms with Crippen molar-refractivity contribution in [3.63, 3.8) is 0 Å². The van der Waals surface area contributed by atoms with Crippen molar-refractivity contribution in [2.24, 2.45) is 5.92 Å². The zero-order valence-corrected chi connectivity index (χ0v) is 14.4. The molecule has 0 bridgehead atoms. The van der Waals surface area contributed by atoms with Crippen LogP contribution in [-0.4, -0.2) is 57.2 Å². The van der Waals surface area contributed by atoms with Crippen molar-refractivity contribution in [3.8, 4) is 0 Å². The second-order valence-corrected chi connectivity index (χ2v) is 8.52. The molecule has 0 heterocycles. The molecule has 0 aromatic rings. The summed E-state index contributed by atoms with van der Waals surface area (Å²) in [4.78, 5) is 11.3. The smallest absolute Gasteiger partial charge is 0.334 e. The summed E-state index contributed by atoms with van der Waals surface area (Å²) in [7, 11) is -1.50. The van der Waals surface area contributed by atoms with E-state index in [1.165, 1.54) is 18.9 Å². The van der Waals surface area contributed by atoms with E-state index in [-0.39, 0.29) is 18.1 Å². The van der Waals surface area contributed by atoms with Crippen LogP contribution in [0, 0.1) is 5.92 Å². The van der Waals surface area contributed by atoms with Crippen molar-refractivity contribution in [2.75, 3.05) is 36.7 Å². The summed E-state index contributed by atoms with van der Waals surface area (Å²) in [5.41, 5.74) is 0. The number of carbonyl (C=O) groups is 1. The van der Waals surface area contributed by atoms with E-state index < -0.39 is 21.9 Å². The van der Waals surface area contributed by atoms with E-state index in [0.717, 1.165) is 0 Å². The maximum atomic E-state index is 11.7. The Morgan fingerprint density at radius 3 is 2.35 bits per heavy atom. The van der Waals surface area contributed by atoms with Crippen LogP contribution in [0.4, 0.5) is 0 Å². The molecule has 0 saturated heterocycles. The average molecular weight is 326 g/mol. The van der Waals surface area contributed by atoms with E-state index in [2.05, 4.69) is 0 Å². The van der Waals surface area contributed by atoms with Crippen LogP contribution < -0.4 is 0 Å². The SMILES string of the molecule is COC(C)C(=O)OCCSCCS(=O)(=O)CCC(C)C. The third-order valence-corrected chi connectivity index (χ3v) is 5.59. The minimum absolute atomic E-state index is 0.187. The lowest BCUT2D eigenvalue weighted by atomic mass is 10.2. The quantitative estimate of drug-likeness (QED) is 0.426. The maximum absolute atomic E-state index is 11.7. The van der Waals surface area contributed by atoms with E-state index in [0.29, 0.717) is 23.8 Å². The number of thioether (sulfide) groups is 1. The second kappa shape index (κ2) is 10.5. The number of hydrogen-bond donors (Lipinski definition) is 0. The van der Waals surface area contributed by atoms with E-state index >= 15 is 0 Å². The third kappa shape index (κ3) is 10.5. The molecule has 0 N–H and O–H groups in total. The topological polar surface area (TPSA) is 69.7 Å². The highest BCUT2D eigenvalue weighted by Gasteiger charge is 2.13. The molecule has 0 saturated carbocycles. The second-order valence-electron chi connectivity index (χ2n) is 4.99. The highest BCUT2D eigenvalue weighted by molar-refractivity contribution is 8.00. The van der Waals surface area contributed by atoms with E-state index in [1.54, 1.807) is 6.92 Å². The Hall–Kier alpha value is -0.270. The van der Waals surface area contributed by atoms with Crippen LogP contribution in [0.15, 0.2) is 0 Å². The van der Waals surface area contributed by atoms with Gasteiger partial charge in [-0.1, -0.05) is 13.8 Å². The minimum atomic E-state index is -2.95. The van der Waals surface area contributed by atoms with Crippen molar-refractivity contribution in [1.29, 1.82) is 0 Å². The first kappa shape index (κ1) is 19.7. The van der Waals surface area contributed by atoms with Gasteiger partial charge in [-0.3, -0.25) is 0 Å². The standard InChI is InChI=1S/C13H26O5S2/c1-11(2)5-9-20(15,16)10-8-19-7-6-18-13(14)12(3)17-4/h11-12H,5-10H2,1-4H3. The summed E-state index contributed by atoms with van der Waals surface area (Å²) < 4.78 is 33.2. The zero-order chi connectivity index (χ0) is 15.6. The van der Waals surface area contributed by atoms with Crippen LogP contribution in [-0.2, 0) is 24.1 Å². The fourth-order valence-corrected chi connectivity index (χ4v) is 4.15. The molecule has 0 aromatic heterocycles. The lowest BCUT2D eigenvalue weighted by molar-refractivity contribution is -0.153. The van der Waals surface area contributed by atoms with Gasteiger partial charge in [0.1, 0.15) is 6.61 Å². The lowest BCUT2D eigenvalue weighted by Crippen LogP contribution is -2.22. The van der Waals surface area contributed by atoms with Gasteiger partial charge in [-0.05, 0) is 19.3 Å². The van der Waals surface area contributed by atoms with Crippen molar-refractivity contribution < 1.29 is 22.7 Å². The first-order valence-electron chi connectivity index (χ1n) is 6.76. The largest absolute Gasteiger partial charge is 0.463 e. The number of ether oxygens (including phenoxy) is 2. The summed E-state index contributed by atoms with van der Waals surface area (Å²) in [6.45, 7) is 5.93. The maximum Gasteiger partial charge on any atom is 0.334 e. The summed E-state index contributed by atoms with van der Waals surface area (Å²) in [5.74, 6) is 1.59. The Morgan fingerprint density at radius 2 is 1.80 bits per heavy atom. The van der Waals surface area contributed by atoms with Gasteiger partial charge in [-0.25, -0.2) is 13.2 Å². The Kier molecular flexibility index (Phi) is 10.3. The molecule has 1 unspecified atom stereocenters. The summed E-state index contributed by atoms with van der Waals surface area (Å²) >= 11 is 1.48. The van der Waals surface area contributed by atoms with Crippen LogP contribution in [0.2, 0.25) is 0 Å². The molecular weight excluding hydrogens is 300 g/mol. The Morgan fingerprint density at radius 1 is 1.15 bits per heavy atom. The number of rotatable bonds is 11. The molecule has 20 heavy (non-hydrogen) atoms. The molecule has 0 aliphatic rings. The van der Waals surface area contributed by atoms with Gasteiger partial charge in [-0.2, -0.15) is 11.8 Å². The highest BCUT2D eigenvalue weighted by atomic mass is 32.2. The molecule has 1 atom stereocenters. The van der Waals surface area contributed by atoms with Crippen LogP contribution in [0.3, 0.4) is 0 Å². The molecule has 0 radical (unpaired) electrons. The Labute approximate surface area is 126 Å². The summed E-state index contributed by atoms with van der Waals surface area (Å²) in [5, 5.41) is 0. The molecule has 0 aromatic carbocycles. The van der Waals surface area contributed by atoms with Crippen molar-refractivity contribution in [2.45, 2.75) is 33.3 Å². The van der Waals surface area contributed by atoms with Crippen molar-refractivity contribution in [1.82, 2.24) is 0 Å². The lowest BCUT2D eigenvalue weighted by Gasteiger charge is -2.09. The molecular formula is C13H26O5S2. The first-order chi connectivity index (χ1) is 9.28. The Bertz CT molecular complexity index is 365. The molecule has 0 fully saturated rings. The molecule has 0 rings (SSSR count). The van der Waals surface area contributed by atoms with Gasteiger partial charge in [-0.15, -0.1) is 0 Å². The molecule has 0 amide bonds. The number of sulfone groups is 1. The minimum Gasteiger partial charge on any atom is -0.463 e. The molecule has 0 spiro atoms. The van der Waals surface area contributed by atoms with Crippen molar-refractivity contribution in [3.05, 3.63) is 0 Å². The van der Waals surface area contributed by atoms with Crippen LogP contribution in [0.5, 0.6) is 0 Å². The Balaban J connectivity index is 3.64. The average Bonchev–Trinajstić information content (AvgIpc) is 2.39. The molecule has 120 valence electrons. The molecule has 5 nitrogen and oxygen atoms in total. The van der Waals surface area contributed by atoms with Crippen LogP contribution in [0.25, 0.3) is 0 Å². The first-order valence-corrected chi connectivity index (χ1v) is 9.73. The van der Waals surface area contributed by atoms with Crippen LogP contribution in [0.1, 0.15) is 27.2 Å². The van der Waals surface area contributed by atoms with Gasteiger partial charge in [0.25, 0.3) is 0 Å².